The fourth-order valence-electron chi connectivity index (χ4n) is 2.93. The molecule has 3 rings (SSSR count). The number of carbonyl (C=O) groups is 2. The van der Waals surface area contributed by atoms with Gasteiger partial charge >= 0.3 is 6.03 Å². The fourth-order valence-corrected chi connectivity index (χ4v) is 5.42. The number of amides is 3. The summed E-state index contributed by atoms with van der Waals surface area (Å²) in [5.74, 6) is -0.380. The Morgan fingerprint density at radius 3 is 2.37 bits per heavy atom. The van der Waals surface area contributed by atoms with Gasteiger partial charge in [-0.1, -0.05) is 38.4 Å². The maximum atomic E-state index is 13.1. The summed E-state index contributed by atoms with van der Waals surface area (Å²) < 4.78 is 23.4. The van der Waals surface area contributed by atoms with E-state index in [4.69, 9.17) is 11.6 Å². The highest BCUT2D eigenvalue weighted by Crippen LogP contribution is 2.37. The van der Waals surface area contributed by atoms with Gasteiger partial charge in [0.05, 0.1) is 17.1 Å². The second-order valence-corrected chi connectivity index (χ2v) is 11.9. The lowest BCUT2D eigenvalue weighted by molar-refractivity contribution is 0.0771. The average Bonchev–Trinajstić information content (AvgIpc) is 3.05. The fraction of sp³-hybridized carbons (Fsp3) is 0.400. The summed E-state index contributed by atoms with van der Waals surface area (Å²) >= 11 is 7.29. The third-order valence-corrected chi connectivity index (χ3v) is 7.96. The lowest BCUT2D eigenvalue weighted by atomic mass is 9.94. The van der Waals surface area contributed by atoms with Crippen LogP contribution in [0.2, 0.25) is 5.02 Å². The van der Waals surface area contributed by atoms with Crippen LogP contribution in [0, 0.1) is 0 Å². The Morgan fingerprint density at radius 1 is 1.10 bits per heavy atom. The van der Waals surface area contributed by atoms with E-state index < -0.39 is 15.9 Å². The normalized spacial score (nSPS) is 16.2. The van der Waals surface area contributed by atoms with E-state index in [0.29, 0.717) is 21.3 Å². The molecule has 1 fully saturated rings. The number of anilines is 2. The van der Waals surface area contributed by atoms with Gasteiger partial charge in [-0.25, -0.2) is 13.2 Å². The molecular weight excluding hydrogens is 446 g/mol. The molecule has 7 nitrogen and oxygen atoms in total. The zero-order valence-electron chi connectivity index (χ0n) is 17.0. The topological polar surface area (TPSA) is 95.6 Å². The molecular formula is C20H24ClN3O4S2. The number of halogens is 1. The number of nitrogens with one attached hydrogen (secondary N) is 2. The van der Waals surface area contributed by atoms with E-state index in [0.717, 1.165) is 4.88 Å². The Bertz CT molecular complexity index is 1060. The SMILES string of the molecule is CC(C)(C)c1cc(C(=O)N2CCS(=O)(=O)CC2)c(NC(=O)Nc2cccc(Cl)c2)s1. The number of nitrogens with zero attached hydrogens (tertiary/aromatic N) is 1. The first-order chi connectivity index (χ1) is 13.9. The molecule has 2 aromatic rings. The summed E-state index contributed by atoms with van der Waals surface area (Å²) in [6, 6.07) is 8.05. The van der Waals surface area contributed by atoms with Crippen LogP contribution in [0.1, 0.15) is 36.0 Å². The number of hydrogen-bond acceptors (Lipinski definition) is 5. The Morgan fingerprint density at radius 2 is 1.77 bits per heavy atom. The van der Waals surface area contributed by atoms with E-state index in [9.17, 15) is 18.0 Å². The molecule has 1 aromatic carbocycles. The summed E-state index contributed by atoms with van der Waals surface area (Å²) in [6.07, 6.45) is 0. The summed E-state index contributed by atoms with van der Waals surface area (Å²) in [4.78, 5) is 28.1. The molecule has 30 heavy (non-hydrogen) atoms. The van der Waals surface area contributed by atoms with Crippen LogP contribution >= 0.6 is 22.9 Å². The van der Waals surface area contributed by atoms with E-state index in [1.807, 2.05) is 20.8 Å². The van der Waals surface area contributed by atoms with Crippen molar-refractivity contribution >= 4 is 55.4 Å². The Balaban J connectivity index is 1.83. The van der Waals surface area contributed by atoms with Crippen molar-refractivity contribution in [3.63, 3.8) is 0 Å². The molecule has 10 heteroatoms. The van der Waals surface area contributed by atoms with Gasteiger partial charge in [0.25, 0.3) is 5.91 Å². The molecule has 3 amide bonds. The first-order valence-electron chi connectivity index (χ1n) is 9.42. The first-order valence-corrected chi connectivity index (χ1v) is 12.4. The van der Waals surface area contributed by atoms with Gasteiger partial charge in [-0.15, -0.1) is 11.3 Å². The number of hydrogen-bond donors (Lipinski definition) is 2. The van der Waals surface area contributed by atoms with Gasteiger partial charge in [-0.2, -0.15) is 0 Å². The van der Waals surface area contributed by atoms with Crippen molar-refractivity contribution in [3.8, 4) is 0 Å². The van der Waals surface area contributed by atoms with E-state index in [-0.39, 0.29) is 35.9 Å². The molecule has 2 heterocycles. The van der Waals surface area contributed by atoms with Crippen LogP contribution in [0.5, 0.6) is 0 Å². The van der Waals surface area contributed by atoms with Crippen molar-refractivity contribution in [3.05, 3.63) is 45.8 Å². The molecule has 1 aliphatic rings. The minimum Gasteiger partial charge on any atom is -0.337 e. The minimum atomic E-state index is -3.10. The Hall–Kier alpha value is -2.10. The maximum absolute atomic E-state index is 13.1. The molecule has 1 aromatic heterocycles. The molecule has 1 saturated heterocycles. The molecule has 2 N–H and O–H groups in total. The van der Waals surface area contributed by atoms with E-state index >= 15 is 0 Å². The highest BCUT2D eigenvalue weighted by molar-refractivity contribution is 7.91. The van der Waals surface area contributed by atoms with Gasteiger partial charge < -0.3 is 10.2 Å². The molecule has 0 aliphatic carbocycles. The van der Waals surface area contributed by atoms with Crippen molar-refractivity contribution in [2.45, 2.75) is 26.2 Å². The molecule has 162 valence electrons. The monoisotopic (exact) mass is 469 g/mol. The number of carbonyl (C=O) groups excluding carboxylic acids is 2. The highest BCUT2D eigenvalue weighted by Gasteiger charge is 2.30. The second kappa shape index (κ2) is 8.56. The largest absolute Gasteiger partial charge is 0.337 e. The number of rotatable bonds is 3. The van der Waals surface area contributed by atoms with Gasteiger partial charge in [0.1, 0.15) is 5.00 Å². The first kappa shape index (κ1) is 22.6. The van der Waals surface area contributed by atoms with Crippen LogP contribution in [-0.2, 0) is 15.3 Å². The summed E-state index contributed by atoms with van der Waals surface area (Å²) in [5.41, 5.74) is 0.682. The number of thiophene rings is 1. The Labute approximate surface area is 185 Å². The second-order valence-electron chi connectivity index (χ2n) is 8.14. The average molecular weight is 470 g/mol. The van der Waals surface area contributed by atoms with Crippen molar-refractivity contribution in [1.82, 2.24) is 4.90 Å². The van der Waals surface area contributed by atoms with E-state index in [2.05, 4.69) is 10.6 Å². The minimum absolute atomic E-state index is 0.0486. The van der Waals surface area contributed by atoms with Gasteiger partial charge in [0.2, 0.25) is 0 Å². The standard InChI is InChI=1S/C20H24ClN3O4S2/c1-20(2,3)16-12-15(18(25)24-7-9-30(27,28)10-8-24)17(29-16)23-19(26)22-14-6-4-5-13(21)11-14/h4-6,11-12H,7-10H2,1-3H3,(H2,22,23,26). The van der Waals surface area contributed by atoms with Crippen LogP contribution in [0.4, 0.5) is 15.5 Å². The van der Waals surface area contributed by atoms with Crippen LogP contribution in [0.3, 0.4) is 0 Å². The highest BCUT2D eigenvalue weighted by atomic mass is 35.5. The number of benzene rings is 1. The van der Waals surface area contributed by atoms with Crippen LogP contribution in [0.25, 0.3) is 0 Å². The molecule has 0 radical (unpaired) electrons. The molecule has 0 saturated carbocycles. The predicted molar refractivity (Wildman–Crippen MR) is 122 cm³/mol. The molecule has 0 bridgehead atoms. The lowest BCUT2D eigenvalue weighted by Crippen LogP contribution is -2.43. The third-order valence-electron chi connectivity index (χ3n) is 4.64. The lowest BCUT2D eigenvalue weighted by Gasteiger charge is -2.26. The number of urea groups is 1. The van der Waals surface area contributed by atoms with Crippen LogP contribution < -0.4 is 10.6 Å². The molecule has 0 unspecified atom stereocenters. The van der Waals surface area contributed by atoms with Gasteiger partial charge in [-0.3, -0.25) is 10.1 Å². The smallest absolute Gasteiger partial charge is 0.324 e. The maximum Gasteiger partial charge on any atom is 0.324 e. The molecule has 1 aliphatic heterocycles. The van der Waals surface area contributed by atoms with Gasteiger partial charge in [0, 0.05) is 28.7 Å². The summed E-state index contributed by atoms with van der Waals surface area (Å²) in [5, 5.41) is 6.39. The molecule has 0 atom stereocenters. The summed E-state index contributed by atoms with van der Waals surface area (Å²) in [6.45, 7) is 6.37. The third kappa shape index (κ3) is 5.53. The van der Waals surface area contributed by atoms with Crippen LogP contribution in [-0.4, -0.2) is 49.9 Å². The van der Waals surface area contributed by atoms with Crippen LogP contribution in [0.15, 0.2) is 30.3 Å². The summed E-state index contributed by atoms with van der Waals surface area (Å²) in [7, 11) is -3.10. The van der Waals surface area contributed by atoms with Crippen molar-refractivity contribution in [2.24, 2.45) is 0 Å². The van der Waals surface area contributed by atoms with Crippen molar-refractivity contribution in [2.75, 3.05) is 35.2 Å². The van der Waals surface area contributed by atoms with Gasteiger partial charge in [-0.05, 0) is 29.7 Å². The van der Waals surface area contributed by atoms with Crippen molar-refractivity contribution in [1.29, 1.82) is 0 Å². The molecule has 0 spiro atoms. The zero-order valence-corrected chi connectivity index (χ0v) is 19.4. The van der Waals surface area contributed by atoms with E-state index in [1.165, 1.54) is 16.2 Å². The van der Waals surface area contributed by atoms with E-state index in [1.54, 1.807) is 30.3 Å². The predicted octanol–water partition coefficient (Wildman–Crippen LogP) is 4.21. The van der Waals surface area contributed by atoms with Gasteiger partial charge in [0.15, 0.2) is 9.84 Å². The zero-order chi connectivity index (χ0) is 22.1. The quantitative estimate of drug-likeness (QED) is 0.703. The number of sulfone groups is 1. The van der Waals surface area contributed by atoms with Crippen molar-refractivity contribution < 1.29 is 18.0 Å². The Kier molecular flexibility index (Phi) is 6.45.